The van der Waals surface area contributed by atoms with E-state index in [1.807, 2.05) is 12.1 Å². The summed E-state index contributed by atoms with van der Waals surface area (Å²) in [4.78, 5) is 6.68. The lowest BCUT2D eigenvalue weighted by Gasteiger charge is -2.31. The maximum atomic E-state index is 5.50. The van der Waals surface area contributed by atoms with Crippen molar-refractivity contribution in [3.63, 3.8) is 0 Å². The maximum absolute atomic E-state index is 5.50. The molecule has 6 nitrogen and oxygen atoms in total. The molecule has 2 aromatic rings. The Labute approximate surface area is 143 Å². The smallest absolute Gasteiger partial charge is 0.240 e. The van der Waals surface area contributed by atoms with Crippen LogP contribution in [0.4, 0.5) is 0 Å². The average Bonchev–Trinajstić information content (AvgIpc) is 3.09. The predicted octanol–water partition coefficient (Wildman–Crippen LogP) is 2.38. The monoisotopic (exact) mass is 330 g/mol. The van der Waals surface area contributed by atoms with Crippen LogP contribution < -0.4 is 10.5 Å². The molecule has 0 amide bonds. The average molecular weight is 330 g/mol. The summed E-state index contributed by atoms with van der Waals surface area (Å²) >= 11 is 0. The zero-order valence-corrected chi connectivity index (χ0v) is 14.3. The van der Waals surface area contributed by atoms with Crippen molar-refractivity contribution in [2.45, 2.75) is 38.8 Å². The highest BCUT2D eigenvalue weighted by Gasteiger charge is 2.20. The van der Waals surface area contributed by atoms with Crippen molar-refractivity contribution >= 4 is 0 Å². The third-order valence-corrected chi connectivity index (χ3v) is 4.76. The van der Waals surface area contributed by atoms with Crippen molar-refractivity contribution in [3.8, 4) is 5.75 Å². The van der Waals surface area contributed by atoms with Gasteiger partial charge in [-0.15, -0.1) is 0 Å². The molecular formula is C18H26N4O2. The molecule has 2 N–H and O–H groups in total. The van der Waals surface area contributed by atoms with Gasteiger partial charge >= 0.3 is 0 Å². The second-order valence-electron chi connectivity index (χ2n) is 6.41. The molecule has 0 radical (unpaired) electrons. The number of likely N-dealkylation sites (tertiary alicyclic amines) is 1. The summed E-state index contributed by atoms with van der Waals surface area (Å²) < 4.78 is 10.3. The first-order valence-corrected chi connectivity index (χ1v) is 8.63. The van der Waals surface area contributed by atoms with E-state index in [4.69, 9.17) is 15.0 Å². The molecule has 0 unspecified atom stereocenters. The SMILES string of the molecule is COc1ccc(CCC2CCN(Cc3noc(CN)n3)CC2)cc1. The third-order valence-electron chi connectivity index (χ3n) is 4.76. The van der Waals surface area contributed by atoms with Gasteiger partial charge in [0.1, 0.15) is 5.75 Å². The minimum Gasteiger partial charge on any atom is -0.497 e. The van der Waals surface area contributed by atoms with Gasteiger partial charge in [0.05, 0.1) is 20.2 Å². The predicted molar refractivity (Wildman–Crippen MR) is 91.5 cm³/mol. The van der Waals surface area contributed by atoms with E-state index in [-0.39, 0.29) is 0 Å². The van der Waals surface area contributed by atoms with Crippen molar-refractivity contribution < 1.29 is 9.26 Å². The molecule has 1 fully saturated rings. The van der Waals surface area contributed by atoms with Crippen molar-refractivity contribution in [2.24, 2.45) is 11.7 Å². The number of hydrogen-bond acceptors (Lipinski definition) is 6. The van der Waals surface area contributed by atoms with E-state index in [1.54, 1.807) is 7.11 Å². The molecule has 0 aliphatic carbocycles. The van der Waals surface area contributed by atoms with Crippen molar-refractivity contribution in [1.82, 2.24) is 15.0 Å². The van der Waals surface area contributed by atoms with Gasteiger partial charge in [0.2, 0.25) is 5.89 Å². The molecule has 130 valence electrons. The number of aromatic nitrogens is 2. The molecule has 0 saturated carbocycles. The van der Waals surface area contributed by atoms with Crippen LogP contribution in [0.5, 0.6) is 5.75 Å². The van der Waals surface area contributed by atoms with Crippen LogP contribution in [0.15, 0.2) is 28.8 Å². The van der Waals surface area contributed by atoms with Gasteiger partial charge in [-0.2, -0.15) is 4.98 Å². The molecule has 3 rings (SSSR count). The Kier molecular flexibility index (Phi) is 5.82. The number of hydrogen-bond donors (Lipinski definition) is 1. The van der Waals surface area contributed by atoms with E-state index in [2.05, 4.69) is 27.2 Å². The van der Waals surface area contributed by atoms with Crippen LogP contribution in [0.3, 0.4) is 0 Å². The van der Waals surface area contributed by atoms with Crippen LogP contribution >= 0.6 is 0 Å². The number of rotatable bonds is 7. The summed E-state index contributed by atoms with van der Waals surface area (Å²) in [5.41, 5.74) is 6.88. The van der Waals surface area contributed by atoms with Crippen LogP contribution in [0.2, 0.25) is 0 Å². The van der Waals surface area contributed by atoms with Gasteiger partial charge < -0.3 is 15.0 Å². The normalized spacial score (nSPS) is 16.4. The third kappa shape index (κ3) is 4.55. The summed E-state index contributed by atoms with van der Waals surface area (Å²) in [5, 5.41) is 3.97. The lowest BCUT2D eigenvalue weighted by atomic mass is 9.90. The van der Waals surface area contributed by atoms with Crippen LogP contribution in [-0.2, 0) is 19.5 Å². The van der Waals surface area contributed by atoms with E-state index in [9.17, 15) is 0 Å². The second kappa shape index (κ2) is 8.26. The molecule has 6 heteroatoms. The van der Waals surface area contributed by atoms with E-state index in [0.717, 1.165) is 43.5 Å². The van der Waals surface area contributed by atoms with Gasteiger partial charge in [-0.25, -0.2) is 0 Å². The highest BCUT2D eigenvalue weighted by Crippen LogP contribution is 2.23. The minimum atomic E-state index is 0.306. The van der Waals surface area contributed by atoms with Crippen LogP contribution in [0.25, 0.3) is 0 Å². The van der Waals surface area contributed by atoms with Crippen LogP contribution in [0.1, 0.15) is 36.5 Å². The number of methoxy groups -OCH3 is 1. The van der Waals surface area contributed by atoms with Gasteiger partial charge in [-0.1, -0.05) is 17.3 Å². The van der Waals surface area contributed by atoms with Crippen molar-refractivity contribution in [1.29, 1.82) is 0 Å². The van der Waals surface area contributed by atoms with E-state index in [0.29, 0.717) is 12.4 Å². The molecule has 24 heavy (non-hydrogen) atoms. The Hall–Kier alpha value is -1.92. The van der Waals surface area contributed by atoms with E-state index in [1.165, 1.54) is 24.8 Å². The van der Waals surface area contributed by atoms with Crippen LogP contribution in [-0.4, -0.2) is 35.2 Å². The summed E-state index contributed by atoms with van der Waals surface area (Å²) in [7, 11) is 1.70. The first kappa shape index (κ1) is 16.9. The van der Waals surface area contributed by atoms with Crippen molar-refractivity contribution in [3.05, 3.63) is 41.5 Å². The van der Waals surface area contributed by atoms with Crippen LogP contribution in [0, 0.1) is 5.92 Å². The standard InChI is InChI=1S/C18H26N4O2/c1-23-16-6-4-14(5-7-16)2-3-15-8-10-22(11-9-15)13-17-20-18(12-19)24-21-17/h4-7,15H,2-3,8-13,19H2,1H3. The summed E-state index contributed by atoms with van der Waals surface area (Å²) in [6.45, 7) is 3.26. The zero-order chi connectivity index (χ0) is 16.8. The topological polar surface area (TPSA) is 77.4 Å². The number of aryl methyl sites for hydroxylation is 1. The van der Waals surface area contributed by atoms with Crippen molar-refractivity contribution in [2.75, 3.05) is 20.2 Å². The molecule has 2 heterocycles. The molecule has 0 bridgehead atoms. The summed E-state index contributed by atoms with van der Waals surface area (Å²) in [6.07, 6.45) is 4.86. The fraction of sp³-hybridized carbons (Fsp3) is 0.556. The molecule has 0 atom stereocenters. The Morgan fingerprint density at radius 2 is 2.00 bits per heavy atom. The van der Waals surface area contributed by atoms with E-state index < -0.39 is 0 Å². The summed E-state index contributed by atoms with van der Waals surface area (Å²) in [6, 6.07) is 8.41. The quantitative estimate of drug-likeness (QED) is 0.840. The number of piperidine rings is 1. The number of benzene rings is 1. The largest absolute Gasteiger partial charge is 0.497 e. The first-order chi connectivity index (χ1) is 11.8. The Bertz CT molecular complexity index is 618. The second-order valence-corrected chi connectivity index (χ2v) is 6.41. The molecule has 1 saturated heterocycles. The fourth-order valence-electron chi connectivity index (χ4n) is 3.23. The molecular weight excluding hydrogens is 304 g/mol. The molecule has 1 aliphatic rings. The van der Waals surface area contributed by atoms with E-state index >= 15 is 0 Å². The molecule has 1 aliphatic heterocycles. The lowest BCUT2D eigenvalue weighted by molar-refractivity contribution is 0.167. The zero-order valence-electron chi connectivity index (χ0n) is 14.3. The highest BCUT2D eigenvalue weighted by molar-refractivity contribution is 5.27. The number of nitrogens with two attached hydrogens (primary N) is 1. The van der Waals surface area contributed by atoms with Gasteiger partial charge in [0.15, 0.2) is 5.82 Å². The Morgan fingerprint density at radius 1 is 1.25 bits per heavy atom. The first-order valence-electron chi connectivity index (χ1n) is 8.63. The maximum Gasteiger partial charge on any atom is 0.240 e. The van der Waals surface area contributed by atoms with Gasteiger partial charge in [-0.05, 0) is 62.4 Å². The Morgan fingerprint density at radius 3 is 2.62 bits per heavy atom. The number of ether oxygens (including phenoxy) is 1. The van der Waals surface area contributed by atoms with Gasteiger partial charge in [-0.3, -0.25) is 4.90 Å². The van der Waals surface area contributed by atoms with Gasteiger partial charge in [0.25, 0.3) is 0 Å². The minimum absolute atomic E-state index is 0.306. The fourth-order valence-corrected chi connectivity index (χ4v) is 3.23. The molecule has 1 aromatic heterocycles. The molecule has 1 aromatic carbocycles. The number of nitrogens with zero attached hydrogens (tertiary/aromatic N) is 3. The Balaban J connectivity index is 1.39. The summed E-state index contributed by atoms with van der Waals surface area (Å²) in [5.74, 6) is 2.98. The van der Waals surface area contributed by atoms with Gasteiger partial charge in [0, 0.05) is 0 Å². The molecule has 0 spiro atoms. The highest BCUT2D eigenvalue weighted by atomic mass is 16.5. The lowest BCUT2D eigenvalue weighted by Crippen LogP contribution is -2.33.